The molecule has 0 bridgehead atoms. The van der Waals surface area contributed by atoms with Crippen LogP contribution >= 0.6 is 0 Å². The van der Waals surface area contributed by atoms with E-state index in [1.165, 1.54) is 12.1 Å². The van der Waals surface area contributed by atoms with Crippen LogP contribution in [0.2, 0.25) is 0 Å². The standard InChI is InChI=1S/C18H12F3N/c19-18(20,21)15-11-9-14(10-12-15)17-8-4-7-16(22-17)13-5-2-1-3-6-13/h1-12H. The third-order valence-electron chi connectivity index (χ3n) is 3.33. The maximum absolute atomic E-state index is 12.6. The van der Waals surface area contributed by atoms with Gasteiger partial charge < -0.3 is 0 Å². The Morgan fingerprint density at radius 1 is 0.591 bits per heavy atom. The summed E-state index contributed by atoms with van der Waals surface area (Å²) in [5.41, 5.74) is 2.41. The lowest BCUT2D eigenvalue weighted by molar-refractivity contribution is -0.137. The molecule has 1 aromatic heterocycles. The van der Waals surface area contributed by atoms with Gasteiger partial charge in [0.25, 0.3) is 0 Å². The molecule has 22 heavy (non-hydrogen) atoms. The van der Waals surface area contributed by atoms with Gasteiger partial charge in [0.2, 0.25) is 0 Å². The predicted molar refractivity (Wildman–Crippen MR) is 80.1 cm³/mol. The van der Waals surface area contributed by atoms with Crippen molar-refractivity contribution in [2.24, 2.45) is 0 Å². The van der Waals surface area contributed by atoms with Gasteiger partial charge in [-0.3, -0.25) is 0 Å². The van der Waals surface area contributed by atoms with Gasteiger partial charge in [0.15, 0.2) is 0 Å². The Balaban J connectivity index is 1.96. The number of halogens is 3. The number of hydrogen-bond acceptors (Lipinski definition) is 1. The van der Waals surface area contributed by atoms with E-state index in [0.29, 0.717) is 11.3 Å². The molecule has 2 aromatic carbocycles. The number of rotatable bonds is 2. The molecule has 1 nitrogen and oxygen atoms in total. The van der Waals surface area contributed by atoms with Crippen LogP contribution in [-0.2, 0) is 6.18 Å². The Morgan fingerprint density at radius 3 is 1.68 bits per heavy atom. The van der Waals surface area contributed by atoms with Crippen molar-refractivity contribution >= 4 is 0 Å². The number of nitrogens with zero attached hydrogens (tertiary/aromatic N) is 1. The summed E-state index contributed by atoms with van der Waals surface area (Å²) in [6.07, 6.45) is -4.32. The van der Waals surface area contributed by atoms with Gasteiger partial charge in [0, 0.05) is 11.1 Å². The zero-order chi connectivity index (χ0) is 15.6. The zero-order valence-corrected chi connectivity index (χ0v) is 11.5. The fourth-order valence-electron chi connectivity index (χ4n) is 2.20. The van der Waals surface area contributed by atoms with Crippen LogP contribution in [0.15, 0.2) is 72.8 Å². The molecule has 0 unspecified atom stereocenters. The molecule has 0 aliphatic heterocycles. The molecule has 0 saturated carbocycles. The molecular formula is C18H12F3N. The van der Waals surface area contributed by atoms with E-state index in [2.05, 4.69) is 4.98 Å². The van der Waals surface area contributed by atoms with Gasteiger partial charge in [-0.05, 0) is 24.3 Å². The molecule has 0 aliphatic rings. The summed E-state index contributed by atoms with van der Waals surface area (Å²) in [7, 11) is 0. The number of hydrogen-bond donors (Lipinski definition) is 0. The second-order valence-electron chi connectivity index (χ2n) is 4.85. The highest BCUT2D eigenvalue weighted by molar-refractivity contribution is 5.66. The highest BCUT2D eigenvalue weighted by Crippen LogP contribution is 2.31. The molecule has 0 spiro atoms. The molecule has 4 heteroatoms. The van der Waals surface area contributed by atoms with E-state index in [9.17, 15) is 13.2 Å². The minimum atomic E-state index is -4.32. The van der Waals surface area contributed by atoms with Crippen LogP contribution in [-0.4, -0.2) is 4.98 Å². The average molecular weight is 299 g/mol. The molecule has 0 saturated heterocycles. The Morgan fingerprint density at radius 2 is 1.14 bits per heavy atom. The first kappa shape index (κ1) is 14.3. The number of pyridine rings is 1. The van der Waals surface area contributed by atoms with E-state index >= 15 is 0 Å². The van der Waals surface area contributed by atoms with Crippen LogP contribution in [0.1, 0.15) is 5.56 Å². The van der Waals surface area contributed by atoms with Gasteiger partial charge in [-0.15, -0.1) is 0 Å². The minimum absolute atomic E-state index is 0.648. The third-order valence-corrected chi connectivity index (χ3v) is 3.33. The van der Waals surface area contributed by atoms with Crippen molar-refractivity contribution in [2.75, 3.05) is 0 Å². The number of aromatic nitrogens is 1. The minimum Gasteiger partial charge on any atom is -0.248 e. The summed E-state index contributed by atoms with van der Waals surface area (Å²) in [4.78, 5) is 4.52. The van der Waals surface area contributed by atoms with Crippen molar-refractivity contribution in [3.05, 3.63) is 78.4 Å². The Bertz CT molecular complexity index is 762. The SMILES string of the molecule is FC(F)(F)c1ccc(-c2cccc(-c3ccccc3)n2)cc1. The van der Waals surface area contributed by atoms with Gasteiger partial charge >= 0.3 is 6.18 Å². The molecule has 0 radical (unpaired) electrons. The monoisotopic (exact) mass is 299 g/mol. The quantitative estimate of drug-likeness (QED) is 0.614. The van der Waals surface area contributed by atoms with Crippen LogP contribution in [0, 0.1) is 0 Å². The van der Waals surface area contributed by atoms with E-state index in [-0.39, 0.29) is 0 Å². The largest absolute Gasteiger partial charge is 0.416 e. The van der Waals surface area contributed by atoms with Crippen molar-refractivity contribution in [1.82, 2.24) is 4.98 Å². The highest BCUT2D eigenvalue weighted by atomic mass is 19.4. The van der Waals surface area contributed by atoms with Crippen molar-refractivity contribution in [2.45, 2.75) is 6.18 Å². The second-order valence-corrected chi connectivity index (χ2v) is 4.85. The summed E-state index contributed by atoms with van der Waals surface area (Å²) in [6, 6.07) is 20.2. The Kier molecular flexibility index (Phi) is 3.67. The molecular weight excluding hydrogens is 287 g/mol. The summed E-state index contributed by atoms with van der Waals surface area (Å²) in [5.74, 6) is 0. The summed E-state index contributed by atoms with van der Waals surface area (Å²) >= 11 is 0. The van der Waals surface area contributed by atoms with Crippen LogP contribution in [0.5, 0.6) is 0 Å². The Labute approximate surface area is 126 Å². The van der Waals surface area contributed by atoms with Crippen LogP contribution < -0.4 is 0 Å². The van der Waals surface area contributed by atoms with Crippen molar-refractivity contribution < 1.29 is 13.2 Å². The third kappa shape index (κ3) is 3.01. The molecule has 0 atom stereocenters. The maximum atomic E-state index is 12.6. The average Bonchev–Trinajstić information content (AvgIpc) is 2.55. The molecule has 110 valence electrons. The van der Waals surface area contributed by atoms with Crippen molar-refractivity contribution in [3.8, 4) is 22.5 Å². The predicted octanol–water partition coefficient (Wildman–Crippen LogP) is 5.43. The van der Waals surface area contributed by atoms with E-state index in [0.717, 1.165) is 23.4 Å². The summed E-state index contributed by atoms with van der Waals surface area (Å²) < 4.78 is 37.8. The summed E-state index contributed by atoms with van der Waals surface area (Å²) in [6.45, 7) is 0. The topological polar surface area (TPSA) is 12.9 Å². The molecule has 1 heterocycles. The van der Waals surface area contributed by atoms with Gasteiger partial charge in [0.1, 0.15) is 0 Å². The van der Waals surface area contributed by atoms with Crippen LogP contribution in [0.4, 0.5) is 13.2 Å². The lowest BCUT2D eigenvalue weighted by atomic mass is 10.1. The van der Waals surface area contributed by atoms with E-state index < -0.39 is 11.7 Å². The number of benzene rings is 2. The number of alkyl halides is 3. The van der Waals surface area contributed by atoms with Gasteiger partial charge in [-0.2, -0.15) is 13.2 Å². The first-order valence-corrected chi connectivity index (χ1v) is 6.74. The van der Waals surface area contributed by atoms with Crippen LogP contribution in [0.25, 0.3) is 22.5 Å². The van der Waals surface area contributed by atoms with Crippen LogP contribution in [0.3, 0.4) is 0 Å². The van der Waals surface area contributed by atoms with Crippen molar-refractivity contribution in [3.63, 3.8) is 0 Å². The van der Waals surface area contributed by atoms with Gasteiger partial charge in [0.05, 0.1) is 17.0 Å². The highest BCUT2D eigenvalue weighted by Gasteiger charge is 2.29. The molecule has 0 amide bonds. The summed E-state index contributed by atoms with van der Waals surface area (Å²) in [5, 5.41) is 0. The second kappa shape index (κ2) is 5.64. The maximum Gasteiger partial charge on any atom is 0.416 e. The van der Waals surface area contributed by atoms with Gasteiger partial charge in [-0.25, -0.2) is 4.98 Å². The first-order valence-electron chi connectivity index (χ1n) is 6.74. The lowest BCUT2D eigenvalue weighted by Gasteiger charge is -2.08. The van der Waals surface area contributed by atoms with Crippen molar-refractivity contribution in [1.29, 1.82) is 0 Å². The van der Waals surface area contributed by atoms with E-state index in [1.807, 2.05) is 42.5 Å². The fourth-order valence-corrected chi connectivity index (χ4v) is 2.20. The molecule has 0 fully saturated rings. The lowest BCUT2D eigenvalue weighted by Crippen LogP contribution is -2.04. The van der Waals surface area contributed by atoms with Gasteiger partial charge in [-0.1, -0.05) is 48.5 Å². The first-order chi connectivity index (χ1) is 10.5. The normalized spacial score (nSPS) is 11.4. The molecule has 0 aliphatic carbocycles. The fraction of sp³-hybridized carbons (Fsp3) is 0.0556. The van der Waals surface area contributed by atoms with E-state index in [4.69, 9.17) is 0 Å². The molecule has 0 N–H and O–H groups in total. The zero-order valence-electron chi connectivity index (χ0n) is 11.5. The molecule has 3 rings (SSSR count). The molecule has 3 aromatic rings. The Hall–Kier alpha value is -2.62. The smallest absolute Gasteiger partial charge is 0.248 e. The van der Waals surface area contributed by atoms with E-state index in [1.54, 1.807) is 6.07 Å².